The maximum atomic E-state index is 13.4. The van der Waals surface area contributed by atoms with Crippen molar-refractivity contribution in [2.75, 3.05) is 13.2 Å². The van der Waals surface area contributed by atoms with Crippen LogP contribution in [0, 0.1) is 0 Å². The van der Waals surface area contributed by atoms with Crippen molar-refractivity contribution < 1.29 is 22.7 Å². The fourth-order valence-corrected chi connectivity index (χ4v) is 5.12. The average molecular weight is 474 g/mol. The van der Waals surface area contributed by atoms with Gasteiger partial charge in [-0.1, -0.05) is 72.8 Å². The molecule has 1 heterocycles. The van der Waals surface area contributed by atoms with E-state index in [1.165, 1.54) is 18.2 Å². The molecule has 0 saturated heterocycles. The molecule has 0 aromatic heterocycles. The van der Waals surface area contributed by atoms with Crippen LogP contribution >= 0.6 is 0 Å². The summed E-state index contributed by atoms with van der Waals surface area (Å²) in [6, 6.07) is 27.5. The van der Waals surface area contributed by atoms with Gasteiger partial charge in [-0.3, -0.25) is 4.79 Å². The third-order valence-corrected chi connectivity index (χ3v) is 7.18. The molecule has 1 aliphatic rings. The minimum atomic E-state index is -4.12. The summed E-state index contributed by atoms with van der Waals surface area (Å²) in [5.41, 5.74) is 1.69. The Hall–Kier alpha value is -3.84. The van der Waals surface area contributed by atoms with E-state index < -0.39 is 21.8 Å². The number of benzene rings is 4. The molecule has 34 heavy (non-hydrogen) atoms. The molecule has 1 N–H and O–H groups in total. The number of hydrogen-bond acceptors (Lipinski definition) is 5. The van der Waals surface area contributed by atoms with Crippen LogP contribution in [0.3, 0.4) is 0 Å². The second-order valence-corrected chi connectivity index (χ2v) is 9.81. The first-order valence-electron chi connectivity index (χ1n) is 11.0. The SMILES string of the molecule is O=C(NS(=O)(=O)c1ccc2c(c1)OCCO2)C(Cc1ccccc1)c1ccc2ccccc2c1. The molecular weight excluding hydrogens is 450 g/mol. The molecule has 5 rings (SSSR count). The summed E-state index contributed by atoms with van der Waals surface area (Å²) in [6.07, 6.45) is 0.363. The van der Waals surface area contributed by atoms with E-state index in [9.17, 15) is 13.2 Å². The molecule has 4 aromatic carbocycles. The standard InChI is InChI=1S/C27H23NO5S/c29-27(28-34(30,31)23-12-13-25-26(18-23)33-15-14-32-25)24(16-19-6-2-1-3-7-19)22-11-10-20-8-4-5-9-21(20)17-22/h1-13,17-18,24H,14-16H2,(H,28,29). The molecule has 6 nitrogen and oxygen atoms in total. The van der Waals surface area contributed by atoms with E-state index in [-0.39, 0.29) is 4.90 Å². The number of hydrogen-bond donors (Lipinski definition) is 1. The Morgan fingerprint density at radius 3 is 2.29 bits per heavy atom. The lowest BCUT2D eigenvalue weighted by Gasteiger charge is -2.20. The highest BCUT2D eigenvalue weighted by Crippen LogP contribution is 2.32. The second kappa shape index (κ2) is 9.19. The molecular formula is C27H23NO5S. The van der Waals surface area contributed by atoms with Crippen LogP contribution in [0.2, 0.25) is 0 Å². The smallest absolute Gasteiger partial charge is 0.264 e. The van der Waals surface area contributed by atoms with Gasteiger partial charge in [0.05, 0.1) is 10.8 Å². The Labute approximate surface area is 198 Å². The highest BCUT2D eigenvalue weighted by Gasteiger charge is 2.28. The maximum absolute atomic E-state index is 13.4. The van der Waals surface area contributed by atoms with Crippen LogP contribution in [0.1, 0.15) is 17.0 Å². The fraction of sp³-hybridized carbons (Fsp3) is 0.148. The molecule has 0 radical (unpaired) electrons. The molecule has 4 aromatic rings. The lowest BCUT2D eigenvalue weighted by Crippen LogP contribution is -2.35. The number of amides is 1. The third kappa shape index (κ3) is 4.61. The van der Waals surface area contributed by atoms with Crippen molar-refractivity contribution in [3.63, 3.8) is 0 Å². The van der Waals surface area contributed by atoms with E-state index in [0.717, 1.165) is 21.9 Å². The van der Waals surface area contributed by atoms with Crippen molar-refractivity contribution in [2.24, 2.45) is 0 Å². The second-order valence-electron chi connectivity index (χ2n) is 8.12. The molecule has 0 spiro atoms. The predicted octanol–water partition coefficient (Wildman–Crippen LogP) is 4.44. The van der Waals surface area contributed by atoms with Crippen LogP contribution in [0.25, 0.3) is 10.8 Å². The Kier molecular flexibility index (Phi) is 5.94. The zero-order chi connectivity index (χ0) is 23.5. The van der Waals surface area contributed by atoms with Crippen molar-refractivity contribution >= 4 is 26.7 Å². The molecule has 172 valence electrons. The van der Waals surface area contributed by atoms with Gasteiger partial charge in [-0.15, -0.1) is 0 Å². The number of sulfonamides is 1. The maximum Gasteiger partial charge on any atom is 0.264 e. The van der Waals surface area contributed by atoms with E-state index in [1.807, 2.05) is 72.8 Å². The van der Waals surface area contributed by atoms with Gasteiger partial charge in [0, 0.05) is 6.07 Å². The summed E-state index contributed by atoms with van der Waals surface area (Å²) in [7, 11) is -4.12. The van der Waals surface area contributed by atoms with Crippen LogP contribution in [0.5, 0.6) is 11.5 Å². The molecule has 1 aliphatic heterocycles. The van der Waals surface area contributed by atoms with Crippen molar-refractivity contribution in [1.29, 1.82) is 0 Å². The minimum Gasteiger partial charge on any atom is -0.486 e. The lowest BCUT2D eigenvalue weighted by atomic mass is 9.90. The van der Waals surface area contributed by atoms with E-state index in [2.05, 4.69) is 4.72 Å². The largest absolute Gasteiger partial charge is 0.486 e. The molecule has 1 amide bonds. The third-order valence-electron chi connectivity index (χ3n) is 5.83. The Balaban J connectivity index is 1.47. The Morgan fingerprint density at radius 1 is 0.794 bits per heavy atom. The molecule has 7 heteroatoms. The first-order chi connectivity index (χ1) is 16.5. The summed E-state index contributed by atoms with van der Waals surface area (Å²) < 4.78 is 39.4. The number of ether oxygens (including phenoxy) is 2. The van der Waals surface area contributed by atoms with E-state index >= 15 is 0 Å². The molecule has 1 atom stereocenters. The van der Waals surface area contributed by atoms with Gasteiger partial charge in [0.25, 0.3) is 10.0 Å². The van der Waals surface area contributed by atoms with Gasteiger partial charge in [0.2, 0.25) is 5.91 Å². The van der Waals surface area contributed by atoms with Gasteiger partial charge < -0.3 is 9.47 Å². The van der Waals surface area contributed by atoms with Crippen molar-refractivity contribution in [3.05, 3.63) is 102 Å². The lowest BCUT2D eigenvalue weighted by molar-refractivity contribution is -0.120. The molecule has 0 fully saturated rings. The summed E-state index contributed by atoms with van der Waals surface area (Å²) in [6.45, 7) is 0.743. The average Bonchev–Trinajstić information content (AvgIpc) is 2.87. The normalized spacial score (nSPS) is 13.9. The molecule has 1 unspecified atom stereocenters. The molecule has 0 aliphatic carbocycles. The number of fused-ring (bicyclic) bond motifs is 2. The summed E-state index contributed by atoms with van der Waals surface area (Å²) in [5, 5.41) is 2.04. The van der Waals surface area contributed by atoms with Crippen LogP contribution in [-0.4, -0.2) is 27.5 Å². The highest BCUT2D eigenvalue weighted by atomic mass is 32.2. The highest BCUT2D eigenvalue weighted by molar-refractivity contribution is 7.90. The number of carbonyl (C=O) groups is 1. The van der Waals surface area contributed by atoms with Gasteiger partial charge in [-0.2, -0.15) is 0 Å². The first-order valence-corrected chi connectivity index (χ1v) is 12.5. The van der Waals surface area contributed by atoms with Gasteiger partial charge in [0.1, 0.15) is 13.2 Å². The first kappa shape index (κ1) is 22.0. The van der Waals surface area contributed by atoms with Crippen molar-refractivity contribution in [3.8, 4) is 11.5 Å². The van der Waals surface area contributed by atoms with Gasteiger partial charge in [-0.05, 0) is 40.5 Å². The predicted molar refractivity (Wildman–Crippen MR) is 130 cm³/mol. The van der Waals surface area contributed by atoms with Crippen LogP contribution < -0.4 is 14.2 Å². The van der Waals surface area contributed by atoms with Crippen molar-refractivity contribution in [1.82, 2.24) is 4.72 Å². The summed E-state index contributed by atoms with van der Waals surface area (Å²) in [4.78, 5) is 13.4. The van der Waals surface area contributed by atoms with E-state index in [0.29, 0.717) is 31.1 Å². The zero-order valence-electron chi connectivity index (χ0n) is 18.3. The van der Waals surface area contributed by atoms with Crippen LogP contribution in [0.15, 0.2) is 95.9 Å². The Morgan fingerprint density at radius 2 is 1.50 bits per heavy atom. The van der Waals surface area contributed by atoms with Gasteiger partial charge in [0.15, 0.2) is 11.5 Å². The quantitative estimate of drug-likeness (QED) is 0.448. The zero-order valence-corrected chi connectivity index (χ0v) is 19.1. The number of rotatable bonds is 6. The fourth-order valence-electron chi connectivity index (χ4n) is 4.09. The van der Waals surface area contributed by atoms with Gasteiger partial charge >= 0.3 is 0 Å². The molecule has 0 bridgehead atoms. The monoisotopic (exact) mass is 473 g/mol. The van der Waals surface area contributed by atoms with Crippen molar-refractivity contribution in [2.45, 2.75) is 17.2 Å². The minimum absolute atomic E-state index is 0.0536. The summed E-state index contributed by atoms with van der Waals surface area (Å²) >= 11 is 0. The number of carbonyl (C=O) groups excluding carboxylic acids is 1. The Bertz CT molecular complexity index is 1450. The van der Waals surface area contributed by atoms with Gasteiger partial charge in [-0.25, -0.2) is 13.1 Å². The summed E-state index contributed by atoms with van der Waals surface area (Å²) in [5.74, 6) is -0.459. The van der Waals surface area contributed by atoms with E-state index in [4.69, 9.17) is 9.47 Å². The molecule has 0 saturated carbocycles. The topological polar surface area (TPSA) is 81.7 Å². The number of nitrogens with one attached hydrogen (secondary N) is 1. The van der Waals surface area contributed by atoms with Crippen LogP contribution in [-0.2, 0) is 21.2 Å². The van der Waals surface area contributed by atoms with Crippen LogP contribution in [0.4, 0.5) is 0 Å². The van der Waals surface area contributed by atoms with E-state index in [1.54, 1.807) is 0 Å².